The largest absolute Gasteiger partial charge is 0.363 e. The van der Waals surface area contributed by atoms with Crippen LogP contribution in [0.25, 0.3) is 5.78 Å². The van der Waals surface area contributed by atoms with Crippen LogP contribution in [-0.4, -0.2) is 19.6 Å². The van der Waals surface area contributed by atoms with E-state index in [0.717, 1.165) is 31.5 Å². The summed E-state index contributed by atoms with van der Waals surface area (Å²) in [6, 6.07) is 10.8. The molecule has 2 heterocycles. The van der Waals surface area contributed by atoms with Crippen LogP contribution in [0.3, 0.4) is 0 Å². The third-order valence-corrected chi connectivity index (χ3v) is 4.37. The number of rotatable bonds is 4. The number of nitrogens with zero attached hydrogens (tertiary/aromatic N) is 4. The molecule has 1 aliphatic rings. The highest BCUT2D eigenvalue weighted by Gasteiger charge is 2.22. The van der Waals surface area contributed by atoms with E-state index in [2.05, 4.69) is 57.6 Å². The van der Waals surface area contributed by atoms with Crippen molar-refractivity contribution in [2.24, 2.45) is 0 Å². The molecule has 2 aromatic heterocycles. The van der Waals surface area contributed by atoms with Gasteiger partial charge in [-0.25, -0.2) is 4.98 Å². The molecule has 0 saturated carbocycles. The maximum Gasteiger partial charge on any atom is 0.254 e. The van der Waals surface area contributed by atoms with E-state index in [1.54, 1.807) is 6.33 Å². The SMILES string of the molecule is CCC(Nc1c2c(nc3ncnn13)CCC2)c1ccccc1. The molecule has 1 aliphatic carbocycles. The van der Waals surface area contributed by atoms with E-state index in [1.165, 1.54) is 16.8 Å². The Morgan fingerprint density at radius 2 is 2.09 bits per heavy atom. The summed E-state index contributed by atoms with van der Waals surface area (Å²) >= 11 is 0. The van der Waals surface area contributed by atoms with Crippen molar-refractivity contribution >= 4 is 11.6 Å². The average molecular weight is 293 g/mol. The number of aromatic nitrogens is 4. The van der Waals surface area contributed by atoms with Crippen LogP contribution in [0.2, 0.25) is 0 Å². The maximum atomic E-state index is 4.63. The summed E-state index contributed by atoms with van der Waals surface area (Å²) in [6.07, 6.45) is 5.84. The van der Waals surface area contributed by atoms with Crippen molar-refractivity contribution in [3.8, 4) is 0 Å². The highest BCUT2D eigenvalue weighted by molar-refractivity contribution is 5.55. The van der Waals surface area contributed by atoms with Gasteiger partial charge in [-0.05, 0) is 31.2 Å². The minimum atomic E-state index is 0.265. The molecule has 1 atom stereocenters. The number of fused-ring (bicyclic) bond motifs is 2. The lowest BCUT2D eigenvalue weighted by molar-refractivity contribution is 0.731. The molecule has 1 N–H and O–H groups in total. The molecule has 0 fully saturated rings. The second kappa shape index (κ2) is 5.40. The zero-order valence-corrected chi connectivity index (χ0v) is 12.7. The lowest BCUT2D eigenvalue weighted by atomic mass is 10.0. The van der Waals surface area contributed by atoms with Gasteiger partial charge in [0.05, 0.1) is 11.7 Å². The van der Waals surface area contributed by atoms with Crippen molar-refractivity contribution < 1.29 is 0 Å². The molecule has 1 unspecified atom stereocenters. The third kappa shape index (κ3) is 2.13. The summed E-state index contributed by atoms with van der Waals surface area (Å²) in [4.78, 5) is 8.90. The Labute approximate surface area is 129 Å². The van der Waals surface area contributed by atoms with Gasteiger partial charge >= 0.3 is 0 Å². The summed E-state index contributed by atoms with van der Waals surface area (Å²) in [6.45, 7) is 2.20. The summed E-state index contributed by atoms with van der Waals surface area (Å²) in [5, 5.41) is 8.05. The van der Waals surface area contributed by atoms with E-state index in [9.17, 15) is 0 Å². The van der Waals surface area contributed by atoms with Gasteiger partial charge in [0.2, 0.25) is 0 Å². The normalized spacial score (nSPS) is 15.0. The van der Waals surface area contributed by atoms with Crippen LogP contribution >= 0.6 is 0 Å². The number of aryl methyl sites for hydroxylation is 1. The lowest BCUT2D eigenvalue weighted by Gasteiger charge is -2.21. The molecule has 0 aliphatic heterocycles. The zero-order chi connectivity index (χ0) is 14.9. The van der Waals surface area contributed by atoms with Crippen LogP contribution < -0.4 is 5.32 Å². The third-order valence-electron chi connectivity index (χ3n) is 4.37. The molecule has 0 amide bonds. The number of anilines is 1. The Balaban J connectivity index is 1.79. The number of hydrogen-bond donors (Lipinski definition) is 1. The second-order valence-corrected chi connectivity index (χ2v) is 5.73. The summed E-state index contributed by atoms with van der Waals surface area (Å²) < 4.78 is 1.84. The van der Waals surface area contributed by atoms with Gasteiger partial charge in [0, 0.05) is 5.56 Å². The van der Waals surface area contributed by atoms with E-state index >= 15 is 0 Å². The van der Waals surface area contributed by atoms with E-state index in [1.807, 2.05) is 4.52 Å². The predicted molar refractivity (Wildman–Crippen MR) is 85.9 cm³/mol. The van der Waals surface area contributed by atoms with E-state index in [0.29, 0.717) is 5.78 Å². The predicted octanol–water partition coefficient (Wildman–Crippen LogP) is 3.18. The molecule has 0 spiro atoms. The summed E-state index contributed by atoms with van der Waals surface area (Å²) in [5.41, 5.74) is 3.76. The quantitative estimate of drug-likeness (QED) is 0.802. The smallest absolute Gasteiger partial charge is 0.254 e. The molecule has 5 heteroatoms. The van der Waals surface area contributed by atoms with Gasteiger partial charge < -0.3 is 5.32 Å². The van der Waals surface area contributed by atoms with Gasteiger partial charge in [0.25, 0.3) is 5.78 Å². The van der Waals surface area contributed by atoms with Gasteiger partial charge in [-0.1, -0.05) is 37.3 Å². The Morgan fingerprint density at radius 3 is 2.91 bits per heavy atom. The first kappa shape index (κ1) is 13.2. The van der Waals surface area contributed by atoms with E-state index < -0.39 is 0 Å². The molecule has 0 radical (unpaired) electrons. The van der Waals surface area contributed by atoms with Crippen LogP contribution in [0.4, 0.5) is 5.82 Å². The van der Waals surface area contributed by atoms with Gasteiger partial charge in [-0.3, -0.25) is 0 Å². The molecule has 3 aromatic rings. The minimum Gasteiger partial charge on any atom is -0.363 e. The standard InChI is InChI=1S/C17H19N5/c1-2-14(12-7-4-3-5-8-12)20-16-13-9-6-10-15(13)21-17-18-11-19-22(16)17/h3-5,7-8,11,14,20H,2,6,9-10H2,1H3. The first-order chi connectivity index (χ1) is 10.9. The van der Waals surface area contributed by atoms with Gasteiger partial charge in [0.1, 0.15) is 12.1 Å². The van der Waals surface area contributed by atoms with Crippen molar-refractivity contribution in [2.45, 2.75) is 38.6 Å². The molecule has 22 heavy (non-hydrogen) atoms. The molecule has 4 rings (SSSR count). The Morgan fingerprint density at radius 1 is 1.23 bits per heavy atom. The maximum absolute atomic E-state index is 4.63. The first-order valence-corrected chi connectivity index (χ1v) is 7.89. The van der Waals surface area contributed by atoms with E-state index in [-0.39, 0.29) is 6.04 Å². The lowest BCUT2D eigenvalue weighted by Crippen LogP contribution is -2.15. The molecule has 112 valence electrons. The Kier molecular flexibility index (Phi) is 3.25. The van der Waals surface area contributed by atoms with E-state index in [4.69, 9.17) is 0 Å². The van der Waals surface area contributed by atoms with Crippen LogP contribution in [-0.2, 0) is 12.8 Å². The van der Waals surface area contributed by atoms with Crippen LogP contribution in [0.15, 0.2) is 36.7 Å². The fraction of sp³-hybridized carbons (Fsp3) is 0.353. The topological polar surface area (TPSA) is 55.1 Å². The van der Waals surface area contributed by atoms with Crippen LogP contribution in [0.1, 0.15) is 42.6 Å². The number of hydrogen-bond acceptors (Lipinski definition) is 4. The highest BCUT2D eigenvalue weighted by atomic mass is 15.4. The first-order valence-electron chi connectivity index (χ1n) is 7.89. The molecular formula is C17H19N5. The Bertz CT molecular complexity index is 793. The molecule has 0 saturated heterocycles. The van der Waals surface area contributed by atoms with Crippen molar-refractivity contribution in [3.63, 3.8) is 0 Å². The molecular weight excluding hydrogens is 274 g/mol. The van der Waals surface area contributed by atoms with Crippen molar-refractivity contribution in [2.75, 3.05) is 5.32 Å². The highest BCUT2D eigenvalue weighted by Crippen LogP contribution is 2.31. The van der Waals surface area contributed by atoms with Crippen LogP contribution in [0.5, 0.6) is 0 Å². The van der Waals surface area contributed by atoms with Crippen molar-refractivity contribution in [1.29, 1.82) is 0 Å². The van der Waals surface area contributed by atoms with Crippen molar-refractivity contribution in [1.82, 2.24) is 19.6 Å². The summed E-state index contributed by atoms with van der Waals surface area (Å²) in [7, 11) is 0. The number of benzene rings is 1. The van der Waals surface area contributed by atoms with Gasteiger partial charge in [0.15, 0.2) is 0 Å². The van der Waals surface area contributed by atoms with Crippen molar-refractivity contribution in [3.05, 3.63) is 53.5 Å². The second-order valence-electron chi connectivity index (χ2n) is 5.73. The Hall–Kier alpha value is -2.43. The average Bonchev–Trinajstić information content (AvgIpc) is 3.21. The fourth-order valence-corrected chi connectivity index (χ4v) is 3.24. The van der Waals surface area contributed by atoms with Gasteiger partial charge in [-0.15, -0.1) is 0 Å². The number of nitrogens with one attached hydrogen (secondary N) is 1. The fourth-order valence-electron chi connectivity index (χ4n) is 3.24. The monoisotopic (exact) mass is 293 g/mol. The van der Waals surface area contributed by atoms with Gasteiger partial charge in [-0.2, -0.15) is 14.6 Å². The van der Waals surface area contributed by atoms with Crippen LogP contribution in [0, 0.1) is 0 Å². The minimum absolute atomic E-state index is 0.265. The summed E-state index contributed by atoms with van der Waals surface area (Å²) in [5.74, 6) is 1.75. The zero-order valence-electron chi connectivity index (χ0n) is 12.7. The molecule has 1 aromatic carbocycles. The molecule has 0 bridgehead atoms. The molecule has 5 nitrogen and oxygen atoms in total.